The fourth-order valence-electron chi connectivity index (χ4n) is 3.25. The minimum absolute atomic E-state index is 0.0569. The van der Waals surface area contributed by atoms with E-state index in [2.05, 4.69) is 40.8 Å². The monoisotopic (exact) mass is 297 g/mol. The molecular weight excluding hydrogens is 274 g/mol. The van der Waals surface area contributed by atoms with Crippen LogP contribution in [0.3, 0.4) is 0 Å². The fourth-order valence-corrected chi connectivity index (χ4v) is 3.25. The van der Waals surface area contributed by atoms with Gasteiger partial charge < -0.3 is 10.0 Å². The molecule has 0 radical (unpaired) electrons. The smallest absolute Gasteiger partial charge is 0.155 e. The van der Waals surface area contributed by atoms with Gasteiger partial charge in [-0.25, -0.2) is 4.98 Å². The molecule has 1 aliphatic heterocycles. The summed E-state index contributed by atoms with van der Waals surface area (Å²) >= 11 is 0. The fraction of sp³-hybridized carbons (Fsp3) is 0.444. The van der Waals surface area contributed by atoms with E-state index in [1.165, 1.54) is 0 Å². The van der Waals surface area contributed by atoms with Crippen LogP contribution in [-0.2, 0) is 0 Å². The molecule has 1 aliphatic rings. The second-order valence-corrected chi connectivity index (χ2v) is 6.83. The van der Waals surface area contributed by atoms with Gasteiger partial charge in [-0.15, -0.1) is 0 Å². The lowest BCUT2D eigenvalue weighted by Crippen LogP contribution is -2.33. The lowest BCUT2D eigenvalue weighted by Gasteiger charge is -2.31. The first kappa shape index (κ1) is 15.0. The van der Waals surface area contributed by atoms with Gasteiger partial charge in [0, 0.05) is 31.0 Å². The zero-order valence-electron chi connectivity index (χ0n) is 13.2. The maximum Gasteiger partial charge on any atom is 0.155 e. The molecule has 1 fully saturated rings. The molecule has 1 aromatic carbocycles. The molecule has 1 aromatic heterocycles. The van der Waals surface area contributed by atoms with Crippen molar-refractivity contribution in [1.29, 1.82) is 0 Å². The van der Waals surface area contributed by atoms with Crippen LogP contribution in [0.25, 0.3) is 11.3 Å². The van der Waals surface area contributed by atoms with Crippen molar-refractivity contribution in [1.82, 2.24) is 9.97 Å². The van der Waals surface area contributed by atoms with Gasteiger partial charge in [-0.3, -0.25) is 4.98 Å². The molecule has 0 aliphatic carbocycles. The highest BCUT2D eigenvalue weighted by atomic mass is 16.3. The first-order valence-electron chi connectivity index (χ1n) is 7.85. The van der Waals surface area contributed by atoms with Crippen LogP contribution >= 0.6 is 0 Å². The minimum Gasteiger partial charge on any atom is -0.393 e. The van der Waals surface area contributed by atoms with E-state index < -0.39 is 0 Å². The standard InChI is InChI=1S/C18H23N3O/c1-18(2)12-15(22)8-11-21(13-18)17-16(19-9-10-20-17)14-6-4-3-5-7-14/h3-7,9-10,15,22H,8,11-13H2,1-2H3. The van der Waals surface area contributed by atoms with Crippen molar-refractivity contribution in [2.24, 2.45) is 5.41 Å². The van der Waals surface area contributed by atoms with Crippen LogP contribution in [0.2, 0.25) is 0 Å². The molecule has 1 N–H and O–H groups in total. The first-order chi connectivity index (χ1) is 10.6. The third-order valence-electron chi connectivity index (χ3n) is 4.17. The molecule has 2 aromatic rings. The van der Waals surface area contributed by atoms with E-state index in [1.807, 2.05) is 18.2 Å². The van der Waals surface area contributed by atoms with Gasteiger partial charge in [0.2, 0.25) is 0 Å². The molecule has 2 heterocycles. The van der Waals surface area contributed by atoms with Gasteiger partial charge in [0.1, 0.15) is 5.69 Å². The van der Waals surface area contributed by atoms with E-state index in [1.54, 1.807) is 12.4 Å². The number of anilines is 1. The topological polar surface area (TPSA) is 49.2 Å². The maximum atomic E-state index is 10.1. The Balaban J connectivity index is 1.98. The highest BCUT2D eigenvalue weighted by molar-refractivity contribution is 5.71. The largest absolute Gasteiger partial charge is 0.393 e. The number of nitrogens with zero attached hydrogens (tertiary/aromatic N) is 3. The van der Waals surface area contributed by atoms with Crippen molar-refractivity contribution >= 4 is 5.82 Å². The number of hydrogen-bond acceptors (Lipinski definition) is 4. The molecule has 3 rings (SSSR count). The van der Waals surface area contributed by atoms with E-state index in [9.17, 15) is 5.11 Å². The lowest BCUT2D eigenvalue weighted by molar-refractivity contribution is 0.123. The van der Waals surface area contributed by atoms with Gasteiger partial charge in [0.15, 0.2) is 5.82 Å². The van der Waals surface area contributed by atoms with Gasteiger partial charge in [-0.05, 0) is 18.3 Å². The van der Waals surface area contributed by atoms with Crippen molar-refractivity contribution in [2.75, 3.05) is 18.0 Å². The zero-order chi connectivity index (χ0) is 15.6. The highest BCUT2D eigenvalue weighted by Crippen LogP contribution is 2.33. The summed E-state index contributed by atoms with van der Waals surface area (Å²) < 4.78 is 0. The Morgan fingerprint density at radius 1 is 1.14 bits per heavy atom. The number of aliphatic hydroxyl groups excluding tert-OH is 1. The minimum atomic E-state index is -0.239. The normalized spacial score (nSPS) is 21.4. The molecule has 1 unspecified atom stereocenters. The Kier molecular flexibility index (Phi) is 4.12. The summed E-state index contributed by atoms with van der Waals surface area (Å²) in [5.74, 6) is 0.913. The van der Waals surface area contributed by atoms with Crippen LogP contribution < -0.4 is 4.90 Å². The second-order valence-electron chi connectivity index (χ2n) is 6.83. The van der Waals surface area contributed by atoms with Crippen LogP contribution in [0.15, 0.2) is 42.7 Å². The third kappa shape index (κ3) is 3.28. The molecule has 116 valence electrons. The molecule has 0 spiro atoms. The summed E-state index contributed by atoms with van der Waals surface area (Å²) in [5.41, 5.74) is 2.05. The van der Waals surface area contributed by atoms with Gasteiger partial charge in [-0.2, -0.15) is 0 Å². The summed E-state index contributed by atoms with van der Waals surface area (Å²) in [6.07, 6.45) is 4.84. The third-order valence-corrected chi connectivity index (χ3v) is 4.17. The SMILES string of the molecule is CC1(C)CC(O)CCN(c2nccnc2-c2ccccc2)C1. The van der Waals surface area contributed by atoms with Crippen molar-refractivity contribution in [3.05, 3.63) is 42.7 Å². The average Bonchev–Trinajstić information content (AvgIpc) is 2.65. The Labute approximate surface area is 131 Å². The van der Waals surface area contributed by atoms with Gasteiger partial charge >= 0.3 is 0 Å². The molecule has 0 amide bonds. The van der Waals surface area contributed by atoms with Crippen LogP contribution in [0.1, 0.15) is 26.7 Å². The summed E-state index contributed by atoms with van der Waals surface area (Å²) in [7, 11) is 0. The number of aromatic nitrogens is 2. The molecule has 0 bridgehead atoms. The van der Waals surface area contributed by atoms with Crippen molar-refractivity contribution in [2.45, 2.75) is 32.8 Å². The van der Waals surface area contributed by atoms with Crippen LogP contribution in [0, 0.1) is 5.41 Å². The van der Waals surface area contributed by atoms with E-state index in [4.69, 9.17) is 0 Å². The molecule has 4 heteroatoms. The molecular formula is C18H23N3O. The number of benzene rings is 1. The summed E-state index contributed by atoms with van der Waals surface area (Å²) in [5, 5.41) is 10.1. The van der Waals surface area contributed by atoms with Crippen molar-refractivity contribution in [3.8, 4) is 11.3 Å². The van der Waals surface area contributed by atoms with Crippen LogP contribution in [0.5, 0.6) is 0 Å². The first-order valence-corrected chi connectivity index (χ1v) is 7.85. The average molecular weight is 297 g/mol. The highest BCUT2D eigenvalue weighted by Gasteiger charge is 2.30. The lowest BCUT2D eigenvalue weighted by atomic mass is 9.87. The molecule has 1 atom stereocenters. The molecule has 22 heavy (non-hydrogen) atoms. The van der Waals surface area contributed by atoms with Gasteiger partial charge in [-0.1, -0.05) is 44.2 Å². The van der Waals surface area contributed by atoms with Crippen molar-refractivity contribution < 1.29 is 5.11 Å². The zero-order valence-corrected chi connectivity index (χ0v) is 13.2. The summed E-state index contributed by atoms with van der Waals surface area (Å²) in [6.45, 7) is 6.09. The Bertz CT molecular complexity index is 627. The Morgan fingerprint density at radius 3 is 2.64 bits per heavy atom. The van der Waals surface area contributed by atoms with Gasteiger partial charge in [0.25, 0.3) is 0 Å². The number of aliphatic hydroxyl groups is 1. The van der Waals surface area contributed by atoms with E-state index in [0.717, 1.165) is 43.0 Å². The molecule has 4 nitrogen and oxygen atoms in total. The van der Waals surface area contributed by atoms with E-state index >= 15 is 0 Å². The van der Waals surface area contributed by atoms with Crippen molar-refractivity contribution in [3.63, 3.8) is 0 Å². The summed E-state index contributed by atoms with van der Waals surface area (Å²) in [4.78, 5) is 11.4. The second kappa shape index (κ2) is 6.05. The predicted octanol–water partition coefficient (Wildman–Crippen LogP) is 3.13. The predicted molar refractivity (Wildman–Crippen MR) is 88.7 cm³/mol. The van der Waals surface area contributed by atoms with Crippen LogP contribution in [0.4, 0.5) is 5.82 Å². The summed E-state index contributed by atoms with van der Waals surface area (Å²) in [6, 6.07) is 10.2. The van der Waals surface area contributed by atoms with Crippen LogP contribution in [-0.4, -0.2) is 34.3 Å². The van der Waals surface area contributed by atoms with E-state index in [0.29, 0.717) is 0 Å². The number of hydrogen-bond donors (Lipinski definition) is 1. The van der Waals surface area contributed by atoms with E-state index in [-0.39, 0.29) is 11.5 Å². The maximum absolute atomic E-state index is 10.1. The Hall–Kier alpha value is -1.94. The molecule has 0 saturated carbocycles. The van der Waals surface area contributed by atoms with Gasteiger partial charge in [0.05, 0.1) is 6.10 Å². The molecule has 1 saturated heterocycles. The number of rotatable bonds is 2. The quantitative estimate of drug-likeness (QED) is 0.925. The Morgan fingerprint density at radius 2 is 1.86 bits per heavy atom.